The summed E-state index contributed by atoms with van der Waals surface area (Å²) in [5.74, 6) is -3.23. The van der Waals surface area contributed by atoms with Crippen LogP contribution in [0.15, 0.2) is 30.5 Å². The van der Waals surface area contributed by atoms with E-state index in [2.05, 4.69) is 15.3 Å². The molecule has 0 unspecified atom stereocenters. The van der Waals surface area contributed by atoms with Crippen molar-refractivity contribution in [2.24, 2.45) is 0 Å². The number of anilines is 3. The molecule has 0 bridgehead atoms. The lowest BCUT2D eigenvalue weighted by atomic mass is 10.2. The summed E-state index contributed by atoms with van der Waals surface area (Å²) in [6.45, 7) is -0.195. The SMILES string of the molecule is COc1ccc(CNc2ncc3c(n2)N(C2CCCC2)CC(F)(F)C(=O)N3C)cc1. The third kappa shape index (κ3) is 3.88. The van der Waals surface area contributed by atoms with Gasteiger partial charge in [-0.1, -0.05) is 25.0 Å². The van der Waals surface area contributed by atoms with Crippen molar-refractivity contribution in [3.8, 4) is 5.75 Å². The Kier molecular flexibility index (Phi) is 5.44. The second-order valence-electron chi connectivity index (χ2n) is 7.74. The highest BCUT2D eigenvalue weighted by atomic mass is 19.3. The maximum Gasteiger partial charge on any atom is 0.342 e. The van der Waals surface area contributed by atoms with Gasteiger partial charge in [-0.3, -0.25) is 4.79 Å². The summed E-state index contributed by atoms with van der Waals surface area (Å²) >= 11 is 0. The summed E-state index contributed by atoms with van der Waals surface area (Å²) in [6, 6.07) is 7.51. The first-order valence-corrected chi connectivity index (χ1v) is 10.1. The molecule has 1 fully saturated rings. The van der Waals surface area contributed by atoms with Crippen LogP contribution in [0.5, 0.6) is 5.75 Å². The molecule has 1 aliphatic heterocycles. The predicted octanol–water partition coefficient (Wildman–Crippen LogP) is 3.46. The second kappa shape index (κ2) is 8.04. The molecule has 160 valence electrons. The number of nitrogens with zero attached hydrogens (tertiary/aromatic N) is 4. The quantitative estimate of drug-likeness (QED) is 0.804. The predicted molar refractivity (Wildman–Crippen MR) is 110 cm³/mol. The van der Waals surface area contributed by atoms with E-state index in [1.54, 1.807) is 12.0 Å². The van der Waals surface area contributed by atoms with Crippen LogP contribution in [-0.2, 0) is 11.3 Å². The third-order valence-electron chi connectivity index (χ3n) is 5.75. The Morgan fingerprint density at radius 1 is 1.23 bits per heavy atom. The molecule has 1 aromatic carbocycles. The first kappa shape index (κ1) is 20.3. The molecule has 1 aliphatic carbocycles. The molecule has 2 aliphatic rings. The summed E-state index contributed by atoms with van der Waals surface area (Å²) in [5.41, 5.74) is 1.31. The molecule has 0 saturated heterocycles. The third-order valence-corrected chi connectivity index (χ3v) is 5.75. The van der Waals surface area contributed by atoms with Crippen molar-refractivity contribution in [2.45, 2.75) is 44.2 Å². The van der Waals surface area contributed by atoms with Crippen molar-refractivity contribution < 1.29 is 18.3 Å². The number of fused-ring (bicyclic) bond motifs is 1. The summed E-state index contributed by atoms with van der Waals surface area (Å²) in [6.07, 6.45) is 5.04. The Balaban J connectivity index is 1.62. The minimum atomic E-state index is -3.48. The molecule has 0 radical (unpaired) electrons. The lowest BCUT2D eigenvalue weighted by molar-refractivity contribution is -0.140. The van der Waals surface area contributed by atoms with Crippen LogP contribution >= 0.6 is 0 Å². The van der Waals surface area contributed by atoms with E-state index in [0.717, 1.165) is 41.9 Å². The molecule has 7 nitrogen and oxygen atoms in total. The van der Waals surface area contributed by atoms with Crippen molar-refractivity contribution in [1.29, 1.82) is 0 Å². The van der Waals surface area contributed by atoms with Gasteiger partial charge in [0, 0.05) is 19.6 Å². The van der Waals surface area contributed by atoms with Crippen LogP contribution in [0.25, 0.3) is 0 Å². The van der Waals surface area contributed by atoms with Gasteiger partial charge in [-0.05, 0) is 30.5 Å². The number of methoxy groups -OCH3 is 1. The van der Waals surface area contributed by atoms with Crippen LogP contribution in [0.1, 0.15) is 31.2 Å². The maximum absolute atomic E-state index is 14.6. The van der Waals surface area contributed by atoms with E-state index in [9.17, 15) is 13.6 Å². The number of rotatable bonds is 5. The molecule has 1 aromatic heterocycles. The van der Waals surface area contributed by atoms with E-state index >= 15 is 0 Å². The number of amides is 1. The molecule has 2 aromatic rings. The molecular formula is C21H25F2N5O2. The van der Waals surface area contributed by atoms with Gasteiger partial charge in [0.05, 0.1) is 19.9 Å². The Morgan fingerprint density at radius 3 is 2.60 bits per heavy atom. The summed E-state index contributed by atoms with van der Waals surface area (Å²) in [4.78, 5) is 23.7. The highest BCUT2D eigenvalue weighted by Gasteiger charge is 2.48. The smallest absolute Gasteiger partial charge is 0.342 e. The number of hydrogen-bond acceptors (Lipinski definition) is 6. The standard InChI is InChI=1S/C21H25F2N5O2/c1-27-17-12-25-20(24-11-14-7-9-16(30-2)10-8-14)26-18(17)28(15-5-3-4-6-15)13-21(22,23)19(27)29/h7-10,12,15H,3-6,11,13H2,1-2H3,(H,24,25,26). The van der Waals surface area contributed by atoms with Crippen LogP contribution < -0.4 is 19.9 Å². The zero-order valence-electron chi connectivity index (χ0n) is 17.1. The number of carbonyl (C=O) groups is 1. The highest BCUT2D eigenvalue weighted by Crippen LogP contribution is 2.39. The van der Waals surface area contributed by atoms with Crippen molar-refractivity contribution in [3.05, 3.63) is 36.0 Å². The number of aromatic nitrogens is 2. The molecule has 0 atom stereocenters. The molecular weight excluding hydrogens is 392 g/mol. The van der Waals surface area contributed by atoms with Crippen LogP contribution in [-0.4, -0.2) is 48.5 Å². The molecule has 1 N–H and O–H groups in total. The van der Waals surface area contributed by atoms with Crippen molar-refractivity contribution >= 4 is 23.4 Å². The van der Waals surface area contributed by atoms with Gasteiger partial charge in [0.25, 0.3) is 5.91 Å². The number of ether oxygens (including phenoxy) is 1. The second-order valence-corrected chi connectivity index (χ2v) is 7.74. The Morgan fingerprint density at radius 2 is 1.93 bits per heavy atom. The Bertz CT molecular complexity index is 916. The van der Waals surface area contributed by atoms with Crippen LogP contribution in [0.2, 0.25) is 0 Å². The van der Waals surface area contributed by atoms with Gasteiger partial charge in [0.1, 0.15) is 11.4 Å². The largest absolute Gasteiger partial charge is 0.497 e. The molecule has 1 amide bonds. The fourth-order valence-electron chi connectivity index (χ4n) is 4.05. The lowest BCUT2D eigenvalue weighted by Gasteiger charge is -2.31. The number of carbonyl (C=O) groups excluding carboxylic acids is 1. The van der Waals surface area contributed by atoms with Gasteiger partial charge >= 0.3 is 5.92 Å². The zero-order valence-corrected chi connectivity index (χ0v) is 17.1. The first-order chi connectivity index (χ1) is 14.4. The topological polar surface area (TPSA) is 70.6 Å². The van der Waals surface area contributed by atoms with Crippen LogP contribution in [0, 0.1) is 0 Å². The van der Waals surface area contributed by atoms with Gasteiger partial charge in [-0.15, -0.1) is 0 Å². The van der Waals surface area contributed by atoms with Gasteiger partial charge in [0.15, 0.2) is 5.82 Å². The van der Waals surface area contributed by atoms with Crippen molar-refractivity contribution in [1.82, 2.24) is 9.97 Å². The van der Waals surface area contributed by atoms with Crippen molar-refractivity contribution in [2.75, 3.05) is 35.8 Å². The molecule has 1 saturated carbocycles. The van der Waals surface area contributed by atoms with Gasteiger partial charge in [-0.25, -0.2) is 4.98 Å². The van der Waals surface area contributed by atoms with E-state index in [0.29, 0.717) is 24.0 Å². The lowest BCUT2D eigenvalue weighted by Crippen LogP contribution is -2.48. The fourth-order valence-corrected chi connectivity index (χ4v) is 4.05. The van der Waals surface area contributed by atoms with Gasteiger partial charge in [0.2, 0.25) is 5.95 Å². The maximum atomic E-state index is 14.6. The molecule has 9 heteroatoms. The monoisotopic (exact) mass is 417 g/mol. The molecule has 2 heterocycles. The van der Waals surface area contributed by atoms with Gasteiger partial charge < -0.3 is 19.9 Å². The number of hydrogen-bond donors (Lipinski definition) is 1. The highest BCUT2D eigenvalue weighted by molar-refractivity contribution is 6.01. The van der Waals surface area contributed by atoms with Crippen molar-refractivity contribution in [3.63, 3.8) is 0 Å². The average Bonchev–Trinajstić information content (AvgIpc) is 3.28. The van der Waals surface area contributed by atoms with Crippen LogP contribution in [0.3, 0.4) is 0 Å². The normalized spacial score (nSPS) is 18.9. The van der Waals surface area contributed by atoms with Gasteiger partial charge in [-0.2, -0.15) is 13.8 Å². The summed E-state index contributed by atoms with van der Waals surface area (Å²) in [7, 11) is 2.96. The van der Waals surface area contributed by atoms with E-state index < -0.39 is 18.4 Å². The zero-order chi connectivity index (χ0) is 21.3. The minimum Gasteiger partial charge on any atom is -0.497 e. The average molecular weight is 417 g/mol. The summed E-state index contributed by atoms with van der Waals surface area (Å²) in [5, 5.41) is 3.15. The molecule has 0 spiro atoms. The van der Waals surface area contributed by atoms with E-state index in [4.69, 9.17) is 4.74 Å². The van der Waals surface area contributed by atoms with E-state index in [-0.39, 0.29) is 6.04 Å². The first-order valence-electron chi connectivity index (χ1n) is 10.1. The summed E-state index contributed by atoms with van der Waals surface area (Å²) < 4.78 is 34.4. The fraction of sp³-hybridized carbons (Fsp3) is 0.476. The minimum absolute atomic E-state index is 0.0572. The number of alkyl halides is 2. The Hall–Kier alpha value is -2.97. The molecule has 4 rings (SSSR count). The number of halogens is 2. The number of nitrogens with one attached hydrogen (secondary N) is 1. The van der Waals surface area contributed by atoms with E-state index in [1.807, 2.05) is 24.3 Å². The number of benzene rings is 1. The molecule has 30 heavy (non-hydrogen) atoms. The van der Waals surface area contributed by atoms with Crippen LogP contribution in [0.4, 0.5) is 26.2 Å². The Labute approximate surface area is 174 Å². The van der Waals surface area contributed by atoms with E-state index in [1.165, 1.54) is 13.2 Å².